The number of benzene rings is 1. The number of nitrogens with one attached hydrogen (secondary N) is 1. The van der Waals surface area contributed by atoms with E-state index in [9.17, 15) is 4.79 Å². The Hall–Kier alpha value is -1.16. The summed E-state index contributed by atoms with van der Waals surface area (Å²) < 4.78 is 5.95. The van der Waals surface area contributed by atoms with Gasteiger partial charge in [0.25, 0.3) is 5.91 Å². The number of carbonyl (C=O) groups is 1. The highest BCUT2D eigenvalue weighted by molar-refractivity contribution is 7.99. The molecule has 1 aliphatic carbocycles. The minimum absolute atomic E-state index is 0.000396. The Morgan fingerprint density at radius 3 is 2.78 bits per heavy atom. The van der Waals surface area contributed by atoms with E-state index in [2.05, 4.69) is 11.4 Å². The number of carbonyl (C=O) groups excluding carboxylic acids is 1. The summed E-state index contributed by atoms with van der Waals surface area (Å²) in [5, 5.41) is 3.83. The Morgan fingerprint density at radius 1 is 1.35 bits per heavy atom. The van der Waals surface area contributed by atoms with Gasteiger partial charge in [-0.3, -0.25) is 4.79 Å². The van der Waals surface area contributed by atoms with Crippen LogP contribution in [-0.4, -0.2) is 29.6 Å². The Kier molecular flexibility index (Phi) is 7.28. The number of amides is 1. The Balaban J connectivity index is 1.77. The van der Waals surface area contributed by atoms with Gasteiger partial charge in [-0.15, -0.1) is 0 Å². The predicted octanol–water partition coefficient (Wildman–Crippen LogP) is 4.25. The normalized spacial score (nSPS) is 16.3. The highest BCUT2D eigenvalue weighted by Crippen LogP contribution is 2.28. The number of rotatable bonds is 8. The van der Waals surface area contributed by atoms with Gasteiger partial charge < -0.3 is 10.1 Å². The van der Waals surface area contributed by atoms with E-state index in [1.54, 1.807) is 0 Å². The van der Waals surface area contributed by atoms with Gasteiger partial charge in [-0.25, -0.2) is 0 Å². The molecule has 1 aromatic rings. The molecule has 1 saturated carbocycles. The van der Waals surface area contributed by atoms with Gasteiger partial charge >= 0.3 is 0 Å². The lowest BCUT2D eigenvalue weighted by molar-refractivity contribution is -0.128. The minimum atomic E-state index is -0.410. The third-order valence-corrected chi connectivity index (χ3v) is 5.72. The molecule has 1 N–H and O–H groups in total. The smallest absolute Gasteiger partial charge is 0.261 e. The standard InChI is InChI=1S/C19H29NO2S/c1-4-17(22-18-13-14(2)9-10-15(18)3)19(21)20-11-12-23-16-7-5-6-8-16/h9-10,13,16-17H,4-8,11-12H2,1-3H3,(H,20,21). The van der Waals surface area contributed by atoms with Crippen molar-refractivity contribution in [3.63, 3.8) is 0 Å². The van der Waals surface area contributed by atoms with Crippen LogP contribution in [0.25, 0.3) is 0 Å². The molecule has 1 fully saturated rings. The summed E-state index contributed by atoms with van der Waals surface area (Å²) in [6, 6.07) is 6.10. The average Bonchev–Trinajstić information content (AvgIpc) is 3.05. The lowest BCUT2D eigenvalue weighted by Crippen LogP contribution is -2.39. The monoisotopic (exact) mass is 335 g/mol. The molecule has 0 bridgehead atoms. The van der Waals surface area contributed by atoms with Crippen molar-refractivity contribution in [3.05, 3.63) is 29.3 Å². The van der Waals surface area contributed by atoms with E-state index >= 15 is 0 Å². The number of ether oxygens (including phenoxy) is 1. The van der Waals surface area contributed by atoms with Crippen LogP contribution >= 0.6 is 11.8 Å². The maximum atomic E-state index is 12.3. The number of hydrogen-bond acceptors (Lipinski definition) is 3. The molecule has 4 heteroatoms. The van der Waals surface area contributed by atoms with Crippen LogP contribution in [0.2, 0.25) is 0 Å². The second kappa shape index (κ2) is 9.21. The first-order valence-corrected chi connectivity index (χ1v) is 9.78. The summed E-state index contributed by atoms with van der Waals surface area (Å²) >= 11 is 2.00. The van der Waals surface area contributed by atoms with Crippen molar-refractivity contribution in [1.29, 1.82) is 0 Å². The zero-order chi connectivity index (χ0) is 16.7. The first-order valence-electron chi connectivity index (χ1n) is 8.73. The van der Waals surface area contributed by atoms with Gasteiger partial charge in [0.15, 0.2) is 6.10 Å². The summed E-state index contributed by atoms with van der Waals surface area (Å²) in [7, 11) is 0. The van der Waals surface area contributed by atoms with Crippen molar-refractivity contribution in [2.45, 2.75) is 64.2 Å². The Morgan fingerprint density at radius 2 is 2.09 bits per heavy atom. The highest BCUT2D eigenvalue weighted by Gasteiger charge is 2.19. The second-order valence-corrected chi connectivity index (χ2v) is 7.76. The minimum Gasteiger partial charge on any atom is -0.480 e. The van der Waals surface area contributed by atoms with Crippen LogP contribution in [0.1, 0.15) is 50.2 Å². The predicted molar refractivity (Wildman–Crippen MR) is 98.3 cm³/mol. The van der Waals surface area contributed by atoms with Gasteiger partial charge in [0.05, 0.1) is 0 Å². The van der Waals surface area contributed by atoms with Crippen LogP contribution in [0, 0.1) is 13.8 Å². The Bertz CT molecular complexity index is 512. The molecule has 1 unspecified atom stereocenters. The molecular weight excluding hydrogens is 306 g/mol. The molecule has 0 aliphatic heterocycles. The van der Waals surface area contributed by atoms with Gasteiger partial charge in [-0.05, 0) is 50.3 Å². The third kappa shape index (κ3) is 5.76. The molecule has 23 heavy (non-hydrogen) atoms. The zero-order valence-corrected chi connectivity index (χ0v) is 15.4. The summed E-state index contributed by atoms with van der Waals surface area (Å²) in [4.78, 5) is 12.3. The molecule has 3 nitrogen and oxygen atoms in total. The molecule has 0 spiro atoms. The molecule has 0 radical (unpaired) electrons. The molecular formula is C19H29NO2S. The first kappa shape index (κ1) is 18.2. The van der Waals surface area contributed by atoms with Crippen molar-refractivity contribution in [1.82, 2.24) is 5.32 Å². The molecule has 1 amide bonds. The highest BCUT2D eigenvalue weighted by atomic mass is 32.2. The molecule has 0 heterocycles. The number of thioether (sulfide) groups is 1. The van der Waals surface area contributed by atoms with Crippen LogP contribution in [0.4, 0.5) is 0 Å². The fourth-order valence-electron chi connectivity index (χ4n) is 2.88. The topological polar surface area (TPSA) is 38.3 Å². The molecule has 1 aliphatic rings. The maximum absolute atomic E-state index is 12.3. The third-order valence-electron chi connectivity index (χ3n) is 4.33. The summed E-state index contributed by atoms with van der Waals surface area (Å²) in [6.07, 6.45) is 5.68. The average molecular weight is 336 g/mol. The number of hydrogen-bond donors (Lipinski definition) is 1. The van der Waals surface area contributed by atoms with Gasteiger partial charge in [0.1, 0.15) is 5.75 Å². The second-order valence-electron chi connectivity index (χ2n) is 6.35. The van der Waals surface area contributed by atoms with Gasteiger partial charge in [0, 0.05) is 17.5 Å². The molecule has 2 rings (SSSR count). The fourth-order valence-corrected chi connectivity index (χ4v) is 4.10. The SMILES string of the molecule is CCC(Oc1cc(C)ccc1C)C(=O)NCCSC1CCCC1. The van der Waals surface area contributed by atoms with Crippen LogP contribution in [0.5, 0.6) is 5.75 Å². The van der Waals surface area contributed by atoms with Gasteiger partial charge in [-0.2, -0.15) is 11.8 Å². The van der Waals surface area contributed by atoms with Crippen LogP contribution in [0.3, 0.4) is 0 Å². The number of aryl methyl sites for hydroxylation is 2. The van der Waals surface area contributed by atoms with E-state index in [1.807, 2.05) is 44.7 Å². The Labute approximate surface area is 144 Å². The summed E-state index contributed by atoms with van der Waals surface area (Å²) in [6.45, 7) is 6.76. The first-order chi connectivity index (χ1) is 11.1. The zero-order valence-electron chi connectivity index (χ0n) is 14.6. The molecule has 0 aromatic heterocycles. The van der Waals surface area contributed by atoms with E-state index < -0.39 is 6.10 Å². The molecule has 1 aromatic carbocycles. The maximum Gasteiger partial charge on any atom is 0.261 e. The van der Waals surface area contributed by atoms with Crippen molar-refractivity contribution in [2.24, 2.45) is 0 Å². The van der Waals surface area contributed by atoms with Crippen LogP contribution < -0.4 is 10.1 Å². The van der Waals surface area contributed by atoms with Crippen molar-refractivity contribution in [2.75, 3.05) is 12.3 Å². The van der Waals surface area contributed by atoms with E-state index in [-0.39, 0.29) is 5.91 Å². The quantitative estimate of drug-likeness (QED) is 0.722. The van der Waals surface area contributed by atoms with Crippen LogP contribution in [0.15, 0.2) is 18.2 Å². The van der Waals surface area contributed by atoms with Gasteiger partial charge in [-0.1, -0.05) is 31.9 Å². The van der Waals surface area contributed by atoms with E-state index in [1.165, 1.54) is 25.7 Å². The van der Waals surface area contributed by atoms with Crippen molar-refractivity contribution in [3.8, 4) is 5.75 Å². The van der Waals surface area contributed by atoms with Gasteiger partial charge in [0.2, 0.25) is 0 Å². The van der Waals surface area contributed by atoms with E-state index in [0.29, 0.717) is 6.42 Å². The van der Waals surface area contributed by atoms with Crippen molar-refractivity contribution >= 4 is 17.7 Å². The van der Waals surface area contributed by atoms with E-state index in [4.69, 9.17) is 4.74 Å². The molecule has 128 valence electrons. The fraction of sp³-hybridized carbons (Fsp3) is 0.632. The molecule has 1 atom stereocenters. The molecule has 0 saturated heterocycles. The summed E-state index contributed by atoms with van der Waals surface area (Å²) in [5.41, 5.74) is 2.22. The van der Waals surface area contributed by atoms with E-state index in [0.717, 1.165) is 34.4 Å². The summed E-state index contributed by atoms with van der Waals surface area (Å²) in [5.74, 6) is 1.81. The lowest BCUT2D eigenvalue weighted by atomic mass is 10.1. The van der Waals surface area contributed by atoms with Crippen molar-refractivity contribution < 1.29 is 9.53 Å². The van der Waals surface area contributed by atoms with Crippen LogP contribution in [-0.2, 0) is 4.79 Å². The largest absolute Gasteiger partial charge is 0.480 e. The lowest BCUT2D eigenvalue weighted by Gasteiger charge is -2.19.